The molecule has 1 aromatic carbocycles. The van der Waals surface area contributed by atoms with Crippen molar-refractivity contribution in [3.05, 3.63) is 66.0 Å². The Morgan fingerprint density at radius 2 is 1.76 bits per heavy atom. The van der Waals surface area contributed by atoms with Gasteiger partial charge in [0.15, 0.2) is 0 Å². The van der Waals surface area contributed by atoms with E-state index in [0.717, 1.165) is 22.8 Å². The molecular weight excluding hydrogens is 314 g/mol. The molecule has 1 amide bonds. The van der Waals surface area contributed by atoms with E-state index in [1.807, 2.05) is 31.3 Å². The van der Waals surface area contributed by atoms with Gasteiger partial charge >= 0.3 is 0 Å². The minimum Gasteiger partial charge on any atom is -0.333 e. The fraction of sp³-hybridized carbons (Fsp3) is 0.263. The van der Waals surface area contributed by atoms with Crippen molar-refractivity contribution in [1.82, 2.24) is 24.4 Å². The predicted molar refractivity (Wildman–Crippen MR) is 94.1 cm³/mol. The van der Waals surface area contributed by atoms with Gasteiger partial charge in [0.2, 0.25) is 0 Å². The zero-order valence-electron chi connectivity index (χ0n) is 14.3. The zero-order valence-corrected chi connectivity index (χ0v) is 14.3. The maximum absolute atomic E-state index is 12.5. The van der Waals surface area contributed by atoms with Gasteiger partial charge in [-0.25, -0.2) is 9.97 Å². The van der Waals surface area contributed by atoms with E-state index in [-0.39, 0.29) is 11.9 Å². The molecule has 1 aliphatic rings. The molecule has 1 aliphatic heterocycles. The third kappa shape index (κ3) is 2.80. The number of hydrogen-bond acceptors (Lipinski definition) is 4. The first kappa shape index (κ1) is 15.5. The highest BCUT2D eigenvalue weighted by atomic mass is 16.2. The molecule has 0 aliphatic carbocycles. The van der Waals surface area contributed by atoms with Gasteiger partial charge in [0.05, 0.1) is 17.9 Å². The molecule has 0 N–H and O–H groups in total. The number of carbonyl (C=O) groups excluding carboxylic acids is 1. The topological polar surface area (TPSA) is 63.9 Å². The van der Waals surface area contributed by atoms with Crippen molar-refractivity contribution >= 4 is 5.91 Å². The van der Waals surface area contributed by atoms with Gasteiger partial charge in [-0.3, -0.25) is 9.78 Å². The van der Waals surface area contributed by atoms with Crippen molar-refractivity contribution in [2.24, 2.45) is 0 Å². The van der Waals surface area contributed by atoms with Gasteiger partial charge in [0.1, 0.15) is 11.5 Å². The van der Waals surface area contributed by atoms with Gasteiger partial charge in [-0.2, -0.15) is 0 Å². The quantitative estimate of drug-likeness (QED) is 0.739. The van der Waals surface area contributed by atoms with Crippen molar-refractivity contribution in [1.29, 1.82) is 0 Å². The summed E-state index contributed by atoms with van der Waals surface area (Å²) in [5, 5.41) is 0. The highest BCUT2D eigenvalue weighted by Crippen LogP contribution is 2.30. The molecule has 2 aromatic heterocycles. The SMILES string of the molecule is Cc1cnc(C(=O)N2CC(n3c(C)cnc3-c3ccccc3)C2)cn1. The summed E-state index contributed by atoms with van der Waals surface area (Å²) in [7, 11) is 0. The van der Waals surface area contributed by atoms with Crippen LogP contribution in [0, 0.1) is 13.8 Å². The number of carbonyl (C=O) groups is 1. The maximum Gasteiger partial charge on any atom is 0.274 e. The molecule has 126 valence electrons. The van der Waals surface area contributed by atoms with Gasteiger partial charge in [0, 0.05) is 36.7 Å². The summed E-state index contributed by atoms with van der Waals surface area (Å²) in [6.45, 7) is 5.22. The fourth-order valence-corrected chi connectivity index (χ4v) is 3.16. The van der Waals surface area contributed by atoms with Gasteiger partial charge in [-0.15, -0.1) is 0 Å². The standard InChI is InChI=1S/C19H19N5O/c1-13-8-21-17(10-20-13)19(25)23-11-16(12-23)24-14(2)9-22-18(24)15-6-4-3-5-7-15/h3-10,16H,11-12H2,1-2H3. The predicted octanol–water partition coefficient (Wildman–Crippen LogP) is 2.65. The smallest absolute Gasteiger partial charge is 0.274 e. The molecule has 1 fully saturated rings. The number of benzene rings is 1. The van der Waals surface area contributed by atoms with Gasteiger partial charge in [-0.1, -0.05) is 30.3 Å². The Hall–Kier alpha value is -3.02. The summed E-state index contributed by atoms with van der Waals surface area (Å²) in [6, 6.07) is 10.4. The van der Waals surface area contributed by atoms with E-state index in [2.05, 4.69) is 38.6 Å². The van der Waals surface area contributed by atoms with E-state index in [0.29, 0.717) is 18.8 Å². The van der Waals surface area contributed by atoms with Crippen LogP contribution < -0.4 is 0 Å². The van der Waals surface area contributed by atoms with Crippen LogP contribution in [-0.4, -0.2) is 43.4 Å². The monoisotopic (exact) mass is 333 g/mol. The number of likely N-dealkylation sites (tertiary alicyclic amines) is 1. The number of rotatable bonds is 3. The molecule has 0 saturated carbocycles. The average Bonchev–Trinajstić information content (AvgIpc) is 2.96. The first-order valence-corrected chi connectivity index (χ1v) is 8.30. The third-order valence-electron chi connectivity index (χ3n) is 4.53. The molecule has 4 rings (SSSR count). The van der Waals surface area contributed by atoms with Gasteiger partial charge < -0.3 is 9.47 Å². The van der Waals surface area contributed by atoms with Crippen LogP contribution in [0.4, 0.5) is 0 Å². The Kier molecular flexibility index (Phi) is 3.80. The highest BCUT2D eigenvalue weighted by molar-refractivity contribution is 5.92. The number of imidazole rings is 1. The van der Waals surface area contributed by atoms with Crippen LogP contribution in [-0.2, 0) is 0 Å². The summed E-state index contributed by atoms with van der Waals surface area (Å²) in [4.78, 5) is 27.2. The first-order valence-electron chi connectivity index (χ1n) is 8.30. The average molecular weight is 333 g/mol. The number of aryl methyl sites for hydroxylation is 2. The number of amides is 1. The van der Waals surface area contributed by atoms with Crippen molar-refractivity contribution in [3.8, 4) is 11.4 Å². The lowest BCUT2D eigenvalue weighted by Gasteiger charge is -2.40. The van der Waals surface area contributed by atoms with Crippen LogP contribution in [0.25, 0.3) is 11.4 Å². The van der Waals surface area contributed by atoms with Crippen LogP contribution in [0.2, 0.25) is 0 Å². The number of hydrogen-bond donors (Lipinski definition) is 0. The van der Waals surface area contributed by atoms with Crippen LogP contribution in [0.3, 0.4) is 0 Å². The largest absolute Gasteiger partial charge is 0.333 e. The molecule has 0 atom stereocenters. The normalized spacial score (nSPS) is 14.4. The molecule has 0 bridgehead atoms. The first-order chi connectivity index (χ1) is 12.1. The lowest BCUT2D eigenvalue weighted by Crippen LogP contribution is -2.51. The molecule has 0 radical (unpaired) electrons. The molecule has 3 aromatic rings. The minimum atomic E-state index is -0.0669. The van der Waals surface area contributed by atoms with Crippen molar-refractivity contribution < 1.29 is 4.79 Å². The lowest BCUT2D eigenvalue weighted by atomic mass is 10.1. The Balaban J connectivity index is 1.52. The second-order valence-electron chi connectivity index (χ2n) is 6.37. The van der Waals surface area contributed by atoms with E-state index in [1.54, 1.807) is 17.3 Å². The molecule has 1 saturated heterocycles. The molecule has 6 heteroatoms. The molecule has 0 unspecified atom stereocenters. The molecule has 0 spiro atoms. The molecular formula is C19H19N5O. The Labute approximate surface area is 146 Å². The van der Waals surface area contributed by atoms with E-state index < -0.39 is 0 Å². The van der Waals surface area contributed by atoms with Gasteiger partial charge in [0.25, 0.3) is 5.91 Å². The van der Waals surface area contributed by atoms with Crippen LogP contribution >= 0.6 is 0 Å². The Morgan fingerprint density at radius 3 is 2.44 bits per heavy atom. The zero-order chi connectivity index (χ0) is 17.4. The summed E-state index contributed by atoms with van der Waals surface area (Å²) in [6.07, 6.45) is 5.05. The van der Waals surface area contributed by atoms with E-state index in [1.165, 1.54) is 0 Å². The Morgan fingerprint density at radius 1 is 1.00 bits per heavy atom. The molecule has 25 heavy (non-hydrogen) atoms. The van der Waals surface area contributed by atoms with Crippen molar-refractivity contribution in [3.63, 3.8) is 0 Å². The van der Waals surface area contributed by atoms with Crippen molar-refractivity contribution in [2.75, 3.05) is 13.1 Å². The number of nitrogens with zero attached hydrogens (tertiary/aromatic N) is 5. The van der Waals surface area contributed by atoms with Crippen LogP contribution in [0.15, 0.2) is 48.9 Å². The summed E-state index contributed by atoms with van der Waals surface area (Å²) >= 11 is 0. The minimum absolute atomic E-state index is 0.0669. The van der Waals surface area contributed by atoms with Crippen molar-refractivity contribution in [2.45, 2.75) is 19.9 Å². The highest BCUT2D eigenvalue weighted by Gasteiger charge is 2.35. The Bertz CT molecular complexity index is 895. The van der Waals surface area contributed by atoms with E-state index in [4.69, 9.17) is 0 Å². The second-order valence-corrected chi connectivity index (χ2v) is 6.37. The second kappa shape index (κ2) is 6.12. The summed E-state index contributed by atoms with van der Waals surface area (Å²) in [5.74, 6) is 0.883. The number of aromatic nitrogens is 4. The third-order valence-corrected chi connectivity index (χ3v) is 4.53. The van der Waals surface area contributed by atoms with E-state index >= 15 is 0 Å². The molecule has 6 nitrogen and oxygen atoms in total. The molecule has 3 heterocycles. The van der Waals surface area contributed by atoms with Gasteiger partial charge in [-0.05, 0) is 13.8 Å². The summed E-state index contributed by atoms with van der Waals surface area (Å²) in [5.41, 5.74) is 3.39. The maximum atomic E-state index is 12.5. The summed E-state index contributed by atoms with van der Waals surface area (Å²) < 4.78 is 2.22. The lowest BCUT2D eigenvalue weighted by molar-refractivity contribution is 0.0513. The fourth-order valence-electron chi connectivity index (χ4n) is 3.16. The van der Waals surface area contributed by atoms with E-state index in [9.17, 15) is 4.79 Å². The van der Waals surface area contributed by atoms with Crippen LogP contribution in [0.5, 0.6) is 0 Å². The van der Waals surface area contributed by atoms with Crippen LogP contribution in [0.1, 0.15) is 27.9 Å².